The molecule has 0 spiro atoms. The Kier molecular flexibility index (Phi) is 4.78. The smallest absolute Gasteiger partial charge is 0.315 e. The van der Waals surface area contributed by atoms with Crippen molar-refractivity contribution in [1.29, 1.82) is 0 Å². The van der Waals surface area contributed by atoms with Gasteiger partial charge in [0.05, 0.1) is 10.4 Å². The van der Waals surface area contributed by atoms with Gasteiger partial charge in [0.2, 0.25) is 10.0 Å². The van der Waals surface area contributed by atoms with Gasteiger partial charge in [0.25, 0.3) is 0 Å². The van der Waals surface area contributed by atoms with Crippen molar-refractivity contribution in [2.45, 2.75) is 29.7 Å². The molecule has 0 atom stereocenters. The van der Waals surface area contributed by atoms with Gasteiger partial charge in [-0.2, -0.15) is 0 Å². The van der Waals surface area contributed by atoms with Crippen molar-refractivity contribution in [2.24, 2.45) is 5.14 Å². The Morgan fingerprint density at radius 3 is 2.24 bits per heavy atom. The van der Waals surface area contributed by atoms with E-state index in [1.807, 2.05) is 30.3 Å². The number of nitrogens with two attached hydrogens (primary N) is 1. The summed E-state index contributed by atoms with van der Waals surface area (Å²) in [6, 6.07) is 16.1. The average molecular weight is 359 g/mol. The fraction of sp³-hybridized carbons (Fsp3) is 0.278. The zero-order chi connectivity index (χ0) is 17.9. The SMILES string of the molecule is NS(=O)(=O)c1ccc(CCNC(=O)NC2(c3ccccc3)CC2)cc1. The summed E-state index contributed by atoms with van der Waals surface area (Å²) in [7, 11) is -3.67. The third-order valence-corrected chi connectivity index (χ3v) is 5.31. The predicted octanol–water partition coefficient (Wildman–Crippen LogP) is 1.86. The molecule has 0 aromatic heterocycles. The van der Waals surface area contributed by atoms with Crippen LogP contribution in [0.4, 0.5) is 4.79 Å². The first-order valence-corrected chi connectivity index (χ1v) is 9.67. The second-order valence-corrected chi connectivity index (χ2v) is 7.83. The van der Waals surface area contributed by atoms with Crippen LogP contribution >= 0.6 is 0 Å². The van der Waals surface area contributed by atoms with Gasteiger partial charge in [-0.1, -0.05) is 42.5 Å². The van der Waals surface area contributed by atoms with Gasteiger partial charge in [-0.15, -0.1) is 0 Å². The minimum absolute atomic E-state index is 0.0838. The van der Waals surface area contributed by atoms with E-state index >= 15 is 0 Å². The van der Waals surface area contributed by atoms with Gasteiger partial charge in [0, 0.05) is 6.54 Å². The van der Waals surface area contributed by atoms with Crippen molar-refractivity contribution < 1.29 is 13.2 Å². The van der Waals surface area contributed by atoms with E-state index in [9.17, 15) is 13.2 Å². The molecule has 1 saturated carbocycles. The Bertz CT molecular complexity index is 845. The molecular weight excluding hydrogens is 338 g/mol. The van der Waals surface area contributed by atoms with E-state index < -0.39 is 10.0 Å². The van der Waals surface area contributed by atoms with E-state index in [1.165, 1.54) is 12.1 Å². The lowest BCUT2D eigenvalue weighted by atomic mass is 10.1. The average Bonchev–Trinajstić information content (AvgIpc) is 3.36. The number of amides is 2. The first kappa shape index (κ1) is 17.4. The molecule has 0 aliphatic heterocycles. The maximum Gasteiger partial charge on any atom is 0.315 e. The number of nitrogens with one attached hydrogen (secondary N) is 2. The molecule has 132 valence electrons. The molecule has 1 aliphatic carbocycles. The highest BCUT2D eigenvalue weighted by Crippen LogP contribution is 2.45. The van der Waals surface area contributed by atoms with Gasteiger partial charge in [-0.25, -0.2) is 18.4 Å². The molecule has 2 aromatic rings. The van der Waals surface area contributed by atoms with Crippen LogP contribution in [0.15, 0.2) is 59.5 Å². The number of urea groups is 1. The number of hydrogen-bond donors (Lipinski definition) is 3. The highest BCUT2D eigenvalue weighted by atomic mass is 32.2. The topological polar surface area (TPSA) is 101 Å². The number of carbonyl (C=O) groups is 1. The van der Waals surface area contributed by atoms with E-state index in [4.69, 9.17) is 5.14 Å². The molecular formula is C18H21N3O3S. The van der Waals surface area contributed by atoms with Crippen LogP contribution in [0.3, 0.4) is 0 Å². The van der Waals surface area contributed by atoms with Crippen LogP contribution in [-0.4, -0.2) is 21.0 Å². The lowest BCUT2D eigenvalue weighted by molar-refractivity contribution is 0.236. The van der Waals surface area contributed by atoms with Crippen molar-refractivity contribution in [3.8, 4) is 0 Å². The van der Waals surface area contributed by atoms with Crippen LogP contribution in [0.25, 0.3) is 0 Å². The molecule has 2 amide bonds. The van der Waals surface area contributed by atoms with Crippen molar-refractivity contribution in [3.05, 3.63) is 65.7 Å². The number of benzene rings is 2. The predicted molar refractivity (Wildman–Crippen MR) is 95.4 cm³/mol. The number of primary sulfonamides is 1. The van der Waals surface area contributed by atoms with Crippen molar-refractivity contribution in [3.63, 3.8) is 0 Å². The van der Waals surface area contributed by atoms with Crippen LogP contribution < -0.4 is 15.8 Å². The van der Waals surface area contributed by atoms with Crippen LogP contribution in [0, 0.1) is 0 Å². The van der Waals surface area contributed by atoms with E-state index in [1.54, 1.807) is 12.1 Å². The highest BCUT2D eigenvalue weighted by Gasteiger charge is 2.45. The lowest BCUT2D eigenvalue weighted by Gasteiger charge is -2.18. The second-order valence-electron chi connectivity index (χ2n) is 6.27. The number of carbonyl (C=O) groups excluding carboxylic acids is 1. The molecule has 25 heavy (non-hydrogen) atoms. The second kappa shape index (κ2) is 6.85. The summed E-state index contributed by atoms with van der Waals surface area (Å²) in [6.07, 6.45) is 2.50. The van der Waals surface area contributed by atoms with Crippen molar-refractivity contribution in [2.75, 3.05) is 6.54 Å². The van der Waals surface area contributed by atoms with Gasteiger partial charge < -0.3 is 10.6 Å². The summed E-state index contributed by atoms with van der Waals surface area (Å²) in [4.78, 5) is 12.2. The third-order valence-electron chi connectivity index (χ3n) is 4.38. The maximum absolute atomic E-state index is 12.1. The standard InChI is InChI=1S/C18H21N3O3S/c19-25(23,24)16-8-6-14(7-9-16)10-13-20-17(22)21-18(11-12-18)15-4-2-1-3-5-15/h1-9H,10-13H2,(H2,19,23,24)(H2,20,21,22). The summed E-state index contributed by atoms with van der Waals surface area (Å²) in [5, 5.41) is 11.0. The van der Waals surface area contributed by atoms with E-state index in [0.717, 1.165) is 24.0 Å². The fourth-order valence-electron chi connectivity index (χ4n) is 2.80. The molecule has 0 saturated heterocycles. The highest BCUT2D eigenvalue weighted by molar-refractivity contribution is 7.89. The summed E-state index contributed by atoms with van der Waals surface area (Å²) in [6.45, 7) is 0.464. The molecule has 1 fully saturated rings. The zero-order valence-corrected chi connectivity index (χ0v) is 14.6. The molecule has 6 nitrogen and oxygen atoms in total. The molecule has 0 radical (unpaired) electrons. The van der Waals surface area contributed by atoms with Crippen LogP contribution in [0.1, 0.15) is 24.0 Å². The Balaban J connectivity index is 1.49. The van der Waals surface area contributed by atoms with Crippen LogP contribution in [0.2, 0.25) is 0 Å². The van der Waals surface area contributed by atoms with E-state index in [-0.39, 0.29) is 16.5 Å². The van der Waals surface area contributed by atoms with Gasteiger partial charge in [0.15, 0.2) is 0 Å². The zero-order valence-electron chi connectivity index (χ0n) is 13.7. The van der Waals surface area contributed by atoms with E-state index in [2.05, 4.69) is 10.6 Å². The number of sulfonamides is 1. The number of rotatable bonds is 6. The van der Waals surface area contributed by atoms with Crippen LogP contribution in [0.5, 0.6) is 0 Å². The fourth-order valence-corrected chi connectivity index (χ4v) is 3.31. The third kappa shape index (κ3) is 4.37. The monoisotopic (exact) mass is 359 g/mol. The quantitative estimate of drug-likeness (QED) is 0.734. The van der Waals surface area contributed by atoms with Gasteiger partial charge in [0.1, 0.15) is 0 Å². The number of hydrogen-bond acceptors (Lipinski definition) is 3. The maximum atomic E-state index is 12.1. The Hall–Kier alpha value is -2.38. The first-order chi connectivity index (χ1) is 11.9. The molecule has 0 unspecified atom stereocenters. The first-order valence-electron chi connectivity index (χ1n) is 8.12. The molecule has 4 N–H and O–H groups in total. The molecule has 0 bridgehead atoms. The molecule has 7 heteroatoms. The minimum atomic E-state index is -3.67. The van der Waals surface area contributed by atoms with Gasteiger partial charge in [-0.3, -0.25) is 0 Å². The molecule has 3 rings (SSSR count). The Labute approximate surface area is 147 Å². The molecule has 1 aliphatic rings. The van der Waals surface area contributed by atoms with E-state index in [0.29, 0.717) is 13.0 Å². The Morgan fingerprint density at radius 1 is 1.04 bits per heavy atom. The van der Waals surface area contributed by atoms with Crippen LogP contribution in [-0.2, 0) is 22.0 Å². The largest absolute Gasteiger partial charge is 0.338 e. The molecule has 2 aromatic carbocycles. The summed E-state index contributed by atoms with van der Waals surface area (Å²) < 4.78 is 22.4. The lowest BCUT2D eigenvalue weighted by Crippen LogP contribution is -2.42. The summed E-state index contributed by atoms with van der Waals surface area (Å²) in [5.74, 6) is 0. The Morgan fingerprint density at radius 2 is 1.68 bits per heavy atom. The van der Waals surface area contributed by atoms with Crippen molar-refractivity contribution in [1.82, 2.24) is 10.6 Å². The normalized spacial score (nSPS) is 15.4. The van der Waals surface area contributed by atoms with Gasteiger partial charge in [-0.05, 0) is 42.5 Å². The van der Waals surface area contributed by atoms with Crippen molar-refractivity contribution >= 4 is 16.1 Å². The molecule has 0 heterocycles. The van der Waals surface area contributed by atoms with Gasteiger partial charge >= 0.3 is 6.03 Å². The summed E-state index contributed by atoms with van der Waals surface area (Å²) >= 11 is 0. The summed E-state index contributed by atoms with van der Waals surface area (Å²) in [5.41, 5.74) is 1.82. The minimum Gasteiger partial charge on any atom is -0.338 e.